The molecular weight excluding hydrogens is 352 g/mol. The average Bonchev–Trinajstić information content (AvgIpc) is 2.75. The molecule has 1 heterocycles. The number of hydrogen-bond acceptors (Lipinski definition) is 5. The van der Waals surface area contributed by atoms with E-state index in [0.717, 1.165) is 30.7 Å². The minimum absolute atomic E-state index is 0.269. The zero-order valence-electron chi connectivity index (χ0n) is 15.9. The lowest BCUT2D eigenvalue weighted by Gasteiger charge is -2.08. The fourth-order valence-electron chi connectivity index (χ4n) is 2.51. The van der Waals surface area contributed by atoms with Gasteiger partial charge in [-0.05, 0) is 48.4 Å². The van der Waals surface area contributed by atoms with E-state index < -0.39 is 0 Å². The van der Waals surface area contributed by atoms with Crippen LogP contribution in [0, 0.1) is 0 Å². The van der Waals surface area contributed by atoms with Gasteiger partial charge in [-0.15, -0.1) is 10.2 Å². The van der Waals surface area contributed by atoms with Gasteiger partial charge in [-0.3, -0.25) is 4.79 Å². The zero-order chi connectivity index (χ0) is 19.6. The fraction of sp³-hybridized carbons (Fsp3) is 0.227. The third-order valence-corrected chi connectivity index (χ3v) is 4.09. The average molecular weight is 376 g/mol. The predicted molar refractivity (Wildman–Crippen MR) is 111 cm³/mol. The number of ether oxygens (including phenoxy) is 1. The fourth-order valence-corrected chi connectivity index (χ4v) is 2.51. The molecule has 0 bridgehead atoms. The van der Waals surface area contributed by atoms with E-state index in [1.165, 1.54) is 0 Å². The maximum absolute atomic E-state index is 12.3. The molecule has 0 aliphatic carbocycles. The molecular formula is C22H24N4O2. The summed E-state index contributed by atoms with van der Waals surface area (Å²) in [5, 5.41) is 14.0. The Morgan fingerprint density at radius 3 is 2.43 bits per heavy atom. The molecule has 28 heavy (non-hydrogen) atoms. The molecule has 0 saturated carbocycles. The molecule has 0 atom stereocenters. The summed E-state index contributed by atoms with van der Waals surface area (Å²) in [6.45, 7) is 3.47. The SMILES string of the molecule is CCCCNc1ccc(C(=O)Nc2ccc(OCc3ccccc3)cc2)nn1. The van der Waals surface area contributed by atoms with Crippen LogP contribution in [0.4, 0.5) is 11.5 Å². The van der Waals surface area contributed by atoms with Crippen LogP contribution in [0.5, 0.6) is 5.75 Å². The minimum Gasteiger partial charge on any atom is -0.489 e. The summed E-state index contributed by atoms with van der Waals surface area (Å²) in [7, 11) is 0. The molecule has 0 unspecified atom stereocenters. The van der Waals surface area contributed by atoms with Gasteiger partial charge in [-0.2, -0.15) is 0 Å². The smallest absolute Gasteiger partial charge is 0.276 e. The van der Waals surface area contributed by atoms with Crippen molar-refractivity contribution in [2.75, 3.05) is 17.2 Å². The molecule has 0 aliphatic heterocycles. The van der Waals surface area contributed by atoms with Crippen molar-refractivity contribution >= 4 is 17.4 Å². The van der Waals surface area contributed by atoms with Crippen molar-refractivity contribution in [3.63, 3.8) is 0 Å². The van der Waals surface area contributed by atoms with Crippen LogP contribution in [0.1, 0.15) is 35.8 Å². The monoisotopic (exact) mass is 376 g/mol. The van der Waals surface area contributed by atoms with Gasteiger partial charge in [0.15, 0.2) is 5.69 Å². The summed E-state index contributed by atoms with van der Waals surface area (Å²) >= 11 is 0. The minimum atomic E-state index is -0.300. The zero-order valence-corrected chi connectivity index (χ0v) is 15.9. The highest BCUT2D eigenvalue weighted by Gasteiger charge is 2.09. The van der Waals surface area contributed by atoms with Gasteiger partial charge in [0, 0.05) is 12.2 Å². The maximum atomic E-state index is 12.3. The molecule has 6 heteroatoms. The van der Waals surface area contributed by atoms with E-state index in [-0.39, 0.29) is 11.6 Å². The van der Waals surface area contributed by atoms with Gasteiger partial charge in [0.05, 0.1) is 0 Å². The van der Waals surface area contributed by atoms with Crippen molar-refractivity contribution in [2.45, 2.75) is 26.4 Å². The van der Waals surface area contributed by atoms with E-state index in [2.05, 4.69) is 27.8 Å². The van der Waals surface area contributed by atoms with Crippen molar-refractivity contribution in [1.82, 2.24) is 10.2 Å². The van der Waals surface area contributed by atoms with Gasteiger partial charge in [0.25, 0.3) is 5.91 Å². The van der Waals surface area contributed by atoms with Crippen LogP contribution >= 0.6 is 0 Å². The van der Waals surface area contributed by atoms with Crippen LogP contribution in [-0.4, -0.2) is 22.6 Å². The van der Waals surface area contributed by atoms with E-state index >= 15 is 0 Å². The Hall–Kier alpha value is -3.41. The number of benzene rings is 2. The molecule has 1 aromatic heterocycles. The van der Waals surface area contributed by atoms with Gasteiger partial charge in [-0.25, -0.2) is 0 Å². The van der Waals surface area contributed by atoms with Crippen molar-refractivity contribution in [2.24, 2.45) is 0 Å². The number of unbranched alkanes of at least 4 members (excludes halogenated alkanes) is 1. The van der Waals surface area contributed by atoms with Crippen molar-refractivity contribution in [3.8, 4) is 5.75 Å². The first-order valence-corrected chi connectivity index (χ1v) is 9.40. The van der Waals surface area contributed by atoms with Crippen molar-refractivity contribution < 1.29 is 9.53 Å². The van der Waals surface area contributed by atoms with Crippen LogP contribution in [0.3, 0.4) is 0 Å². The van der Waals surface area contributed by atoms with Gasteiger partial charge >= 0.3 is 0 Å². The first kappa shape index (κ1) is 19.4. The van der Waals surface area contributed by atoms with E-state index in [4.69, 9.17) is 4.74 Å². The Labute approximate surface area is 165 Å². The summed E-state index contributed by atoms with van der Waals surface area (Å²) in [6.07, 6.45) is 2.17. The molecule has 3 rings (SSSR count). The summed E-state index contributed by atoms with van der Waals surface area (Å²) in [6, 6.07) is 20.6. The van der Waals surface area contributed by atoms with E-state index in [9.17, 15) is 4.79 Å². The maximum Gasteiger partial charge on any atom is 0.276 e. The second kappa shape index (κ2) is 10.1. The Bertz CT molecular complexity index is 865. The highest BCUT2D eigenvalue weighted by Crippen LogP contribution is 2.17. The second-order valence-corrected chi connectivity index (χ2v) is 6.34. The van der Waals surface area contributed by atoms with E-state index in [1.807, 2.05) is 42.5 Å². The highest BCUT2D eigenvalue weighted by atomic mass is 16.5. The third kappa shape index (κ3) is 5.81. The first-order valence-electron chi connectivity index (χ1n) is 9.40. The van der Waals surface area contributed by atoms with Crippen molar-refractivity contribution in [3.05, 3.63) is 78.0 Å². The highest BCUT2D eigenvalue weighted by molar-refractivity contribution is 6.02. The largest absolute Gasteiger partial charge is 0.489 e. The Morgan fingerprint density at radius 2 is 1.75 bits per heavy atom. The van der Waals surface area contributed by atoms with E-state index in [1.54, 1.807) is 24.3 Å². The topological polar surface area (TPSA) is 76.1 Å². The number of nitrogens with one attached hydrogen (secondary N) is 2. The lowest BCUT2D eigenvalue weighted by Crippen LogP contribution is -2.15. The van der Waals surface area contributed by atoms with E-state index in [0.29, 0.717) is 18.1 Å². The number of hydrogen-bond donors (Lipinski definition) is 2. The molecule has 6 nitrogen and oxygen atoms in total. The summed E-state index contributed by atoms with van der Waals surface area (Å²) < 4.78 is 5.75. The number of amides is 1. The molecule has 3 aromatic rings. The van der Waals surface area contributed by atoms with Gasteiger partial charge in [0.2, 0.25) is 0 Å². The number of aromatic nitrogens is 2. The lowest BCUT2D eigenvalue weighted by molar-refractivity contribution is 0.102. The number of anilines is 2. The summed E-state index contributed by atoms with van der Waals surface area (Å²) in [4.78, 5) is 12.3. The third-order valence-electron chi connectivity index (χ3n) is 4.09. The standard InChI is InChI=1S/C22H24N4O2/c1-2-3-15-23-21-14-13-20(25-26-21)22(27)24-18-9-11-19(12-10-18)28-16-17-7-5-4-6-8-17/h4-14H,2-3,15-16H2,1H3,(H,23,26)(H,24,27). The number of rotatable bonds is 9. The van der Waals surface area contributed by atoms with Gasteiger partial charge in [0.1, 0.15) is 18.2 Å². The molecule has 0 fully saturated rings. The molecule has 2 N–H and O–H groups in total. The Morgan fingerprint density at radius 1 is 0.964 bits per heavy atom. The molecule has 144 valence electrons. The predicted octanol–water partition coefficient (Wildman–Crippen LogP) is 4.52. The number of carbonyl (C=O) groups excluding carboxylic acids is 1. The molecule has 2 aromatic carbocycles. The quantitative estimate of drug-likeness (QED) is 0.537. The van der Waals surface area contributed by atoms with Crippen LogP contribution in [0.2, 0.25) is 0 Å². The van der Waals surface area contributed by atoms with Crippen LogP contribution < -0.4 is 15.4 Å². The van der Waals surface area contributed by atoms with Gasteiger partial charge in [-0.1, -0.05) is 43.7 Å². The lowest BCUT2D eigenvalue weighted by atomic mass is 10.2. The molecule has 1 amide bonds. The molecule has 0 aliphatic rings. The van der Waals surface area contributed by atoms with Crippen LogP contribution in [0.15, 0.2) is 66.7 Å². The first-order chi connectivity index (χ1) is 13.7. The normalized spacial score (nSPS) is 10.3. The number of nitrogens with zero attached hydrogens (tertiary/aromatic N) is 2. The Balaban J connectivity index is 1.51. The summed E-state index contributed by atoms with van der Waals surface area (Å²) in [5.41, 5.74) is 2.04. The van der Waals surface area contributed by atoms with Crippen LogP contribution in [-0.2, 0) is 6.61 Å². The molecule has 0 saturated heterocycles. The van der Waals surface area contributed by atoms with Crippen LogP contribution in [0.25, 0.3) is 0 Å². The molecule has 0 spiro atoms. The number of carbonyl (C=O) groups is 1. The van der Waals surface area contributed by atoms with Gasteiger partial charge < -0.3 is 15.4 Å². The summed E-state index contributed by atoms with van der Waals surface area (Å²) in [5.74, 6) is 1.11. The van der Waals surface area contributed by atoms with Crippen molar-refractivity contribution in [1.29, 1.82) is 0 Å². The Kier molecular flexibility index (Phi) is 6.95. The molecule has 0 radical (unpaired) electrons. The second-order valence-electron chi connectivity index (χ2n) is 6.34.